The van der Waals surface area contributed by atoms with Gasteiger partial charge in [-0.25, -0.2) is 4.79 Å². The van der Waals surface area contributed by atoms with Crippen molar-refractivity contribution in [3.05, 3.63) is 61.0 Å². The van der Waals surface area contributed by atoms with E-state index >= 15 is 0 Å². The second-order valence-electron chi connectivity index (χ2n) is 9.11. The molecule has 0 unspecified atom stereocenters. The predicted molar refractivity (Wildman–Crippen MR) is 135 cm³/mol. The number of nitrogens with zero attached hydrogens (tertiary/aromatic N) is 4. The molecule has 3 rings (SSSR count). The molecule has 0 bridgehead atoms. The summed E-state index contributed by atoms with van der Waals surface area (Å²) in [6, 6.07) is 8.02. The van der Waals surface area contributed by atoms with E-state index in [1.165, 1.54) is 16.2 Å². The standard InChI is InChI=1S/C22H28Cl2N4O5Si/c1-32-17(29)9-10-26-20(30)18-19(28(22(26)31)14-33-11-12-34(2,3)4)25-21(24)27(18)13-15-5-7-16(23)8-6-15/h5-8H,9-14H2,1-4H3. The van der Waals surface area contributed by atoms with E-state index in [0.717, 1.165) is 16.2 Å². The maximum absolute atomic E-state index is 13.4. The van der Waals surface area contributed by atoms with E-state index < -0.39 is 25.3 Å². The summed E-state index contributed by atoms with van der Waals surface area (Å²) >= 11 is 12.4. The highest BCUT2D eigenvalue weighted by atomic mass is 35.5. The van der Waals surface area contributed by atoms with Crippen molar-refractivity contribution in [3.63, 3.8) is 0 Å². The summed E-state index contributed by atoms with van der Waals surface area (Å²) in [5, 5.41) is 0.642. The summed E-state index contributed by atoms with van der Waals surface area (Å²) in [5.41, 5.74) is -0.0809. The van der Waals surface area contributed by atoms with Crippen LogP contribution < -0.4 is 11.2 Å². The molecule has 0 radical (unpaired) electrons. The van der Waals surface area contributed by atoms with Crippen LogP contribution in [0.3, 0.4) is 0 Å². The number of hydrogen-bond donors (Lipinski definition) is 0. The molecule has 12 heteroatoms. The predicted octanol–water partition coefficient (Wildman–Crippen LogP) is 3.59. The van der Waals surface area contributed by atoms with Crippen LogP contribution in [0.2, 0.25) is 36.0 Å². The zero-order valence-corrected chi connectivity index (χ0v) is 22.1. The molecule has 2 heterocycles. The van der Waals surface area contributed by atoms with Crippen LogP contribution >= 0.6 is 23.2 Å². The number of carbonyl (C=O) groups excluding carboxylic acids is 1. The van der Waals surface area contributed by atoms with Gasteiger partial charge in [-0.1, -0.05) is 43.4 Å². The fraction of sp³-hybridized carbons (Fsp3) is 0.455. The quantitative estimate of drug-likeness (QED) is 0.173. The molecule has 0 aliphatic heterocycles. The van der Waals surface area contributed by atoms with Gasteiger partial charge in [0.15, 0.2) is 11.2 Å². The maximum Gasteiger partial charge on any atom is 0.334 e. The van der Waals surface area contributed by atoms with Gasteiger partial charge in [0.05, 0.1) is 20.1 Å². The fourth-order valence-corrected chi connectivity index (χ4v) is 4.44. The van der Waals surface area contributed by atoms with E-state index in [0.29, 0.717) is 11.6 Å². The maximum atomic E-state index is 13.4. The number of halogens is 2. The minimum atomic E-state index is -1.33. The molecule has 1 aromatic carbocycles. The largest absolute Gasteiger partial charge is 0.469 e. The highest BCUT2D eigenvalue weighted by Crippen LogP contribution is 2.19. The molecule has 9 nitrogen and oxygen atoms in total. The van der Waals surface area contributed by atoms with Crippen LogP contribution in [0.25, 0.3) is 11.2 Å². The van der Waals surface area contributed by atoms with Gasteiger partial charge in [0.1, 0.15) is 6.73 Å². The highest BCUT2D eigenvalue weighted by Gasteiger charge is 2.22. The molecular weight excluding hydrogens is 499 g/mol. The van der Waals surface area contributed by atoms with Gasteiger partial charge in [-0.2, -0.15) is 4.98 Å². The number of ether oxygens (including phenoxy) is 2. The molecule has 0 atom stereocenters. The van der Waals surface area contributed by atoms with Crippen LogP contribution in [-0.2, 0) is 34.1 Å². The lowest BCUT2D eigenvalue weighted by Crippen LogP contribution is -2.41. The van der Waals surface area contributed by atoms with Crippen molar-refractivity contribution < 1.29 is 14.3 Å². The summed E-state index contributed by atoms with van der Waals surface area (Å²) in [4.78, 5) is 42.6. The smallest absolute Gasteiger partial charge is 0.334 e. The average molecular weight is 527 g/mol. The van der Waals surface area contributed by atoms with Crippen LogP contribution in [0.4, 0.5) is 0 Å². The van der Waals surface area contributed by atoms with Crippen molar-refractivity contribution >= 4 is 48.4 Å². The molecule has 184 valence electrons. The first-order valence-electron chi connectivity index (χ1n) is 10.8. The lowest BCUT2D eigenvalue weighted by Gasteiger charge is -2.16. The second-order valence-corrected chi connectivity index (χ2v) is 15.5. The third-order valence-electron chi connectivity index (χ3n) is 5.31. The summed E-state index contributed by atoms with van der Waals surface area (Å²) < 4.78 is 14.3. The number of fused-ring (bicyclic) bond motifs is 1. The van der Waals surface area contributed by atoms with Crippen molar-refractivity contribution in [2.45, 2.75) is 51.9 Å². The molecular formula is C22H28Cl2N4O5Si. The molecule has 0 N–H and O–H groups in total. The van der Waals surface area contributed by atoms with Gasteiger partial charge in [0.25, 0.3) is 5.56 Å². The number of imidazole rings is 1. The van der Waals surface area contributed by atoms with Crippen LogP contribution in [0.1, 0.15) is 12.0 Å². The Labute approximate surface area is 207 Å². The molecule has 0 fully saturated rings. The monoisotopic (exact) mass is 526 g/mol. The Morgan fingerprint density at radius 2 is 1.74 bits per heavy atom. The Bertz CT molecular complexity index is 1290. The fourth-order valence-electron chi connectivity index (χ4n) is 3.33. The first kappa shape index (κ1) is 26.2. The Kier molecular flexibility index (Phi) is 8.40. The number of esters is 1. The number of carbonyl (C=O) groups is 1. The Balaban J connectivity index is 2.08. The van der Waals surface area contributed by atoms with Gasteiger partial charge in [0.2, 0.25) is 5.28 Å². The molecule has 0 aliphatic rings. The van der Waals surface area contributed by atoms with E-state index in [9.17, 15) is 14.4 Å². The zero-order valence-electron chi connectivity index (χ0n) is 19.6. The third-order valence-corrected chi connectivity index (χ3v) is 7.55. The molecule has 0 aliphatic carbocycles. The van der Waals surface area contributed by atoms with Crippen LogP contribution in [0.15, 0.2) is 33.9 Å². The summed E-state index contributed by atoms with van der Waals surface area (Å²) in [6.45, 7) is 7.17. The van der Waals surface area contributed by atoms with Crippen molar-refractivity contribution in [2.24, 2.45) is 0 Å². The summed E-state index contributed by atoms with van der Waals surface area (Å²) in [6.07, 6.45) is -0.132. The number of rotatable bonds is 10. The first-order valence-corrected chi connectivity index (χ1v) is 15.3. The van der Waals surface area contributed by atoms with E-state index in [1.807, 2.05) is 12.1 Å². The lowest BCUT2D eigenvalue weighted by molar-refractivity contribution is -0.140. The van der Waals surface area contributed by atoms with Gasteiger partial charge >= 0.3 is 11.7 Å². The van der Waals surface area contributed by atoms with E-state index in [2.05, 4.69) is 29.4 Å². The Morgan fingerprint density at radius 3 is 2.35 bits per heavy atom. The van der Waals surface area contributed by atoms with Crippen molar-refractivity contribution in [2.75, 3.05) is 13.7 Å². The number of benzene rings is 1. The lowest BCUT2D eigenvalue weighted by atomic mass is 10.2. The normalized spacial score (nSPS) is 11.8. The van der Waals surface area contributed by atoms with Crippen LogP contribution in [0.5, 0.6) is 0 Å². The first-order chi connectivity index (χ1) is 16.0. The van der Waals surface area contributed by atoms with Gasteiger partial charge in [0, 0.05) is 26.2 Å². The SMILES string of the molecule is COC(=O)CCn1c(=O)c2c(nc(Cl)n2Cc2ccc(Cl)cc2)n(COCC[Si](C)(C)C)c1=O. The van der Waals surface area contributed by atoms with Gasteiger partial charge in [-0.15, -0.1) is 0 Å². The topological polar surface area (TPSA) is 97.4 Å². The van der Waals surface area contributed by atoms with E-state index in [-0.39, 0.29) is 42.7 Å². The Morgan fingerprint density at radius 1 is 1.06 bits per heavy atom. The molecule has 0 saturated carbocycles. The van der Waals surface area contributed by atoms with Crippen molar-refractivity contribution in [3.8, 4) is 0 Å². The minimum absolute atomic E-state index is 0.0583. The highest BCUT2D eigenvalue weighted by molar-refractivity contribution is 6.76. The third kappa shape index (κ3) is 6.18. The van der Waals surface area contributed by atoms with Crippen LogP contribution in [0, 0.1) is 0 Å². The average Bonchev–Trinajstić information content (AvgIpc) is 3.09. The second kappa shape index (κ2) is 10.9. The molecule has 2 aromatic heterocycles. The van der Waals surface area contributed by atoms with Gasteiger partial charge in [-0.3, -0.25) is 18.7 Å². The van der Waals surface area contributed by atoms with Gasteiger partial charge in [-0.05, 0) is 35.3 Å². The number of aromatic nitrogens is 4. The van der Waals surface area contributed by atoms with E-state index in [1.54, 1.807) is 12.1 Å². The Hall–Kier alpha value is -2.40. The molecule has 0 amide bonds. The van der Waals surface area contributed by atoms with Crippen molar-refractivity contribution in [1.29, 1.82) is 0 Å². The molecule has 0 spiro atoms. The molecule has 0 saturated heterocycles. The molecule has 3 aromatic rings. The molecule has 34 heavy (non-hydrogen) atoms. The zero-order chi connectivity index (χ0) is 25.0. The summed E-state index contributed by atoms with van der Waals surface area (Å²) in [7, 11) is -0.0835. The van der Waals surface area contributed by atoms with Gasteiger partial charge < -0.3 is 14.0 Å². The number of methoxy groups -OCH3 is 1. The summed E-state index contributed by atoms with van der Waals surface area (Å²) in [5.74, 6) is -0.531. The van der Waals surface area contributed by atoms with Crippen LogP contribution in [-0.4, -0.2) is 46.4 Å². The number of hydrogen-bond acceptors (Lipinski definition) is 6. The minimum Gasteiger partial charge on any atom is -0.469 e. The van der Waals surface area contributed by atoms with Crippen molar-refractivity contribution in [1.82, 2.24) is 18.7 Å². The van der Waals surface area contributed by atoms with E-state index in [4.69, 9.17) is 27.9 Å².